The topological polar surface area (TPSA) is 80.8 Å². The van der Waals surface area contributed by atoms with E-state index < -0.39 is 34.1 Å². The molecular formula is C17H20FNO5S. The van der Waals surface area contributed by atoms with Crippen LogP contribution in [0.15, 0.2) is 18.2 Å². The molecule has 25 heavy (non-hydrogen) atoms. The Balaban J connectivity index is 1.62. The van der Waals surface area contributed by atoms with Crippen LogP contribution in [0.25, 0.3) is 0 Å². The Morgan fingerprint density at radius 3 is 2.52 bits per heavy atom. The average Bonchev–Trinajstić information content (AvgIpc) is 3.31. The molecule has 1 saturated heterocycles. The second-order valence-electron chi connectivity index (χ2n) is 6.63. The fourth-order valence-electron chi connectivity index (χ4n) is 3.06. The molecular weight excluding hydrogens is 349 g/mol. The maximum Gasteiger partial charge on any atom is 0.338 e. The van der Waals surface area contributed by atoms with Gasteiger partial charge in [-0.3, -0.25) is 4.79 Å². The highest BCUT2D eigenvalue weighted by Crippen LogP contribution is 2.32. The zero-order valence-electron chi connectivity index (χ0n) is 13.9. The second kappa shape index (κ2) is 6.74. The Labute approximate surface area is 145 Å². The Bertz CT molecular complexity index is 803. The summed E-state index contributed by atoms with van der Waals surface area (Å²) in [5.41, 5.74) is 0.451. The van der Waals surface area contributed by atoms with Gasteiger partial charge in [-0.1, -0.05) is 6.07 Å². The van der Waals surface area contributed by atoms with Crippen molar-refractivity contribution in [1.82, 2.24) is 4.90 Å². The first-order valence-corrected chi connectivity index (χ1v) is 10.0. The normalized spacial score (nSPS) is 21.8. The lowest BCUT2D eigenvalue weighted by molar-refractivity contribution is -0.137. The molecule has 1 heterocycles. The predicted molar refractivity (Wildman–Crippen MR) is 88.3 cm³/mol. The van der Waals surface area contributed by atoms with Gasteiger partial charge in [0.15, 0.2) is 16.4 Å². The Morgan fingerprint density at radius 2 is 1.96 bits per heavy atom. The number of carbonyl (C=O) groups is 2. The number of benzene rings is 1. The number of amides is 1. The lowest BCUT2D eigenvalue weighted by Gasteiger charge is -2.28. The van der Waals surface area contributed by atoms with Gasteiger partial charge in [-0.2, -0.15) is 0 Å². The van der Waals surface area contributed by atoms with Crippen LogP contribution < -0.4 is 0 Å². The molecule has 0 spiro atoms. The Morgan fingerprint density at radius 1 is 1.24 bits per heavy atom. The standard InChI is InChI=1S/C17H20FNO5S/c1-11-2-3-12(8-15(11)18)17(21)24-9-16(20)19(13-4-5-13)14-6-7-25(22,23)10-14/h2-3,8,13-14H,4-7,9-10H2,1H3/t14-/m1/s1. The second-order valence-corrected chi connectivity index (χ2v) is 8.86. The number of sulfone groups is 1. The van der Waals surface area contributed by atoms with E-state index in [1.807, 2.05) is 0 Å². The number of rotatable bonds is 5. The van der Waals surface area contributed by atoms with Crippen molar-refractivity contribution in [1.29, 1.82) is 0 Å². The molecule has 1 aromatic rings. The highest BCUT2D eigenvalue weighted by Gasteiger charge is 2.42. The maximum absolute atomic E-state index is 13.5. The Kier molecular flexibility index (Phi) is 4.81. The van der Waals surface area contributed by atoms with Gasteiger partial charge >= 0.3 is 5.97 Å². The zero-order chi connectivity index (χ0) is 18.2. The minimum Gasteiger partial charge on any atom is -0.452 e. The summed E-state index contributed by atoms with van der Waals surface area (Å²) in [5, 5.41) is 0. The number of esters is 1. The maximum atomic E-state index is 13.5. The van der Waals surface area contributed by atoms with Crippen LogP contribution in [0.5, 0.6) is 0 Å². The minimum absolute atomic E-state index is 0.0290. The first-order chi connectivity index (χ1) is 11.8. The quantitative estimate of drug-likeness (QED) is 0.734. The van der Waals surface area contributed by atoms with Crippen LogP contribution in [0.4, 0.5) is 4.39 Å². The van der Waals surface area contributed by atoms with Gasteiger partial charge in [0, 0.05) is 12.1 Å². The summed E-state index contributed by atoms with van der Waals surface area (Å²) in [7, 11) is -3.11. The van der Waals surface area contributed by atoms with Crippen LogP contribution in [-0.2, 0) is 19.4 Å². The molecule has 0 N–H and O–H groups in total. The van der Waals surface area contributed by atoms with Crippen LogP contribution in [0.3, 0.4) is 0 Å². The summed E-state index contributed by atoms with van der Waals surface area (Å²) in [6, 6.07) is 3.66. The summed E-state index contributed by atoms with van der Waals surface area (Å²) in [5.74, 6) is -1.65. The molecule has 1 atom stereocenters. The third kappa shape index (κ3) is 4.18. The predicted octanol–water partition coefficient (Wildman–Crippen LogP) is 1.47. The molecule has 136 valence electrons. The van der Waals surface area contributed by atoms with Gasteiger partial charge < -0.3 is 9.64 Å². The van der Waals surface area contributed by atoms with E-state index in [1.54, 1.807) is 11.8 Å². The van der Waals surface area contributed by atoms with E-state index in [9.17, 15) is 22.4 Å². The molecule has 8 heteroatoms. The smallest absolute Gasteiger partial charge is 0.338 e. The van der Waals surface area contributed by atoms with Crippen molar-refractivity contribution >= 4 is 21.7 Å². The van der Waals surface area contributed by atoms with Crippen molar-refractivity contribution in [3.8, 4) is 0 Å². The number of hydrogen-bond acceptors (Lipinski definition) is 5. The van der Waals surface area contributed by atoms with E-state index in [2.05, 4.69) is 0 Å². The fourth-order valence-corrected chi connectivity index (χ4v) is 4.77. The molecule has 1 saturated carbocycles. The van der Waals surface area contributed by atoms with Crippen LogP contribution in [-0.4, -0.2) is 55.4 Å². The van der Waals surface area contributed by atoms with E-state index in [1.165, 1.54) is 12.1 Å². The van der Waals surface area contributed by atoms with Gasteiger partial charge in [0.05, 0.1) is 17.1 Å². The summed E-state index contributed by atoms with van der Waals surface area (Å²) in [4.78, 5) is 26.0. The van der Waals surface area contributed by atoms with Gasteiger partial charge in [0.2, 0.25) is 0 Å². The minimum atomic E-state index is -3.11. The van der Waals surface area contributed by atoms with E-state index in [0.29, 0.717) is 12.0 Å². The van der Waals surface area contributed by atoms with E-state index in [0.717, 1.165) is 18.9 Å². The van der Waals surface area contributed by atoms with Crippen molar-refractivity contribution in [2.45, 2.75) is 38.3 Å². The Hall–Kier alpha value is -1.96. The molecule has 2 fully saturated rings. The number of hydrogen-bond donors (Lipinski definition) is 0. The van der Waals surface area contributed by atoms with E-state index >= 15 is 0 Å². The number of carbonyl (C=O) groups excluding carboxylic acids is 2. The van der Waals surface area contributed by atoms with Gasteiger partial charge in [-0.25, -0.2) is 17.6 Å². The zero-order valence-corrected chi connectivity index (χ0v) is 14.7. The highest BCUT2D eigenvalue weighted by atomic mass is 32.2. The lowest BCUT2D eigenvalue weighted by Crippen LogP contribution is -2.44. The third-order valence-corrected chi connectivity index (χ3v) is 6.31. The van der Waals surface area contributed by atoms with Crippen molar-refractivity contribution in [2.75, 3.05) is 18.1 Å². The first kappa shape index (κ1) is 17.8. The molecule has 3 rings (SSSR count). The van der Waals surface area contributed by atoms with Gasteiger partial charge in [-0.15, -0.1) is 0 Å². The molecule has 0 radical (unpaired) electrons. The van der Waals surface area contributed by atoms with Crippen molar-refractivity contribution in [3.63, 3.8) is 0 Å². The summed E-state index contributed by atoms with van der Waals surface area (Å²) in [6.45, 7) is 1.11. The van der Waals surface area contributed by atoms with Crippen LogP contribution in [0.2, 0.25) is 0 Å². The van der Waals surface area contributed by atoms with Crippen molar-refractivity contribution < 1.29 is 27.1 Å². The number of aryl methyl sites for hydroxylation is 1. The molecule has 0 unspecified atom stereocenters. The largest absolute Gasteiger partial charge is 0.452 e. The summed E-state index contributed by atoms with van der Waals surface area (Å²) >= 11 is 0. The molecule has 2 aliphatic rings. The molecule has 0 bridgehead atoms. The number of nitrogens with zero attached hydrogens (tertiary/aromatic N) is 1. The number of halogens is 1. The fraction of sp³-hybridized carbons (Fsp3) is 0.529. The SMILES string of the molecule is Cc1ccc(C(=O)OCC(=O)N(C2CC2)[C@@H]2CCS(=O)(=O)C2)cc1F. The molecule has 1 aliphatic carbocycles. The molecule has 6 nitrogen and oxygen atoms in total. The van der Waals surface area contributed by atoms with Gasteiger partial charge in [-0.05, 0) is 43.9 Å². The molecule has 1 amide bonds. The van der Waals surface area contributed by atoms with Crippen LogP contribution in [0, 0.1) is 12.7 Å². The van der Waals surface area contributed by atoms with Crippen molar-refractivity contribution in [2.24, 2.45) is 0 Å². The highest BCUT2D eigenvalue weighted by molar-refractivity contribution is 7.91. The molecule has 0 aromatic heterocycles. The van der Waals surface area contributed by atoms with Crippen LogP contribution in [0.1, 0.15) is 35.2 Å². The summed E-state index contributed by atoms with van der Waals surface area (Å²) in [6.07, 6.45) is 2.08. The summed E-state index contributed by atoms with van der Waals surface area (Å²) < 4.78 is 41.9. The van der Waals surface area contributed by atoms with Gasteiger partial charge in [0.25, 0.3) is 5.91 Å². The van der Waals surface area contributed by atoms with Gasteiger partial charge in [0.1, 0.15) is 5.82 Å². The van der Waals surface area contributed by atoms with E-state index in [-0.39, 0.29) is 29.2 Å². The van der Waals surface area contributed by atoms with Crippen molar-refractivity contribution in [3.05, 3.63) is 35.1 Å². The van der Waals surface area contributed by atoms with Crippen LogP contribution >= 0.6 is 0 Å². The monoisotopic (exact) mass is 369 g/mol. The van der Waals surface area contributed by atoms with E-state index in [4.69, 9.17) is 4.74 Å². The molecule has 1 aromatic carbocycles. The third-order valence-electron chi connectivity index (χ3n) is 4.56. The average molecular weight is 369 g/mol. The number of ether oxygens (including phenoxy) is 1. The lowest BCUT2D eigenvalue weighted by atomic mass is 10.1. The first-order valence-electron chi connectivity index (χ1n) is 8.22. The molecule has 1 aliphatic heterocycles.